The fourth-order valence-electron chi connectivity index (χ4n) is 1.16. The molecule has 0 radical (unpaired) electrons. The predicted octanol–water partition coefficient (Wildman–Crippen LogP) is 1.36. The van der Waals surface area contributed by atoms with Gasteiger partial charge in [-0.2, -0.15) is 0 Å². The van der Waals surface area contributed by atoms with Crippen molar-refractivity contribution in [1.82, 2.24) is 0 Å². The number of methoxy groups -OCH3 is 1. The Bertz CT molecular complexity index is 347. The monoisotopic (exact) mass is 193 g/mol. The van der Waals surface area contributed by atoms with Gasteiger partial charge in [-0.3, -0.25) is 4.99 Å². The molecular weight excluding hydrogens is 178 g/mol. The van der Waals surface area contributed by atoms with E-state index in [1.165, 1.54) is 0 Å². The third-order valence-electron chi connectivity index (χ3n) is 1.91. The van der Waals surface area contributed by atoms with Crippen LogP contribution in [0.1, 0.15) is 5.56 Å². The van der Waals surface area contributed by atoms with Crippen molar-refractivity contribution in [2.24, 2.45) is 10.7 Å². The van der Waals surface area contributed by atoms with E-state index in [-0.39, 0.29) is 0 Å². The number of hydrogen-bond acceptors (Lipinski definition) is 2. The molecule has 4 heteroatoms. The van der Waals surface area contributed by atoms with Crippen LogP contribution in [-0.4, -0.2) is 20.1 Å². The fraction of sp³-hybridized carbons (Fsp3) is 0.300. The Balaban J connectivity index is 2.86. The number of hydrogen-bond donors (Lipinski definition) is 2. The van der Waals surface area contributed by atoms with Crippen LogP contribution >= 0.6 is 0 Å². The Kier molecular flexibility index (Phi) is 3.34. The zero-order valence-corrected chi connectivity index (χ0v) is 8.66. The van der Waals surface area contributed by atoms with Gasteiger partial charge in [-0.05, 0) is 30.7 Å². The molecule has 0 spiro atoms. The molecule has 0 aliphatic heterocycles. The first kappa shape index (κ1) is 10.4. The Morgan fingerprint density at radius 2 is 2.21 bits per heavy atom. The molecule has 0 bridgehead atoms. The van der Waals surface area contributed by atoms with Crippen molar-refractivity contribution >= 4 is 11.6 Å². The SMILES string of the molecule is CN=C(N)Nc1ccc(OC)c(C)c1. The van der Waals surface area contributed by atoms with Crippen molar-refractivity contribution in [2.75, 3.05) is 19.5 Å². The molecule has 0 amide bonds. The van der Waals surface area contributed by atoms with Gasteiger partial charge in [0.15, 0.2) is 5.96 Å². The van der Waals surface area contributed by atoms with Gasteiger partial charge in [-0.25, -0.2) is 0 Å². The van der Waals surface area contributed by atoms with E-state index in [4.69, 9.17) is 10.5 Å². The summed E-state index contributed by atoms with van der Waals surface area (Å²) in [6.07, 6.45) is 0. The van der Waals surface area contributed by atoms with Crippen molar-refractivity contribution in [3.05, 3.63) is 23.8 Å². The Labute approximate surface area is 83.8 Å². The summed E-state index contributed by atoms with van der Waals surface area (Å²) in [7, 11) is 3.29. The van der Waals surface area contributed by atoms with Crippen molar-refractivity contribution < 1.29 is 4.74 Å². The molecule has 0 aliphatic rings. The van der Waals surface area contributed by atoms with Gasteiger partial charge in [-0.15, -0.1) is 0 Å². The molecule has 0 aromatic heterocycles. The highest BCUT2D eigenvalue weighted by Gasteiger charge is 1.99. The van der Waals surface area contributed by atoms with Gasteiger partial charge < -0.3 is 15.8 Å². The van der Waals surface area contributed by atoms with Crippen LogP contribution < -0.4 is 15.8 Å². The highest BCUT2D eigenvalue weighted by Crippen LogP contribution is 2.20. The molecule has 0 saturated heterocycles. The number of nitrogens with zero attached hydrogens (tertiary/aromatic N) is 1. The molecule has 0 aliphatic carbocycles. The molecule has 0 fully saturated rings. The largest absolute Gasteiger partial charge is 0.496 e. The molecule has 0 saturated carbocycles. The van der Waals surface area contributed by atoms with Crippen molar-refractivity contribution in [3.63, 3.8) is 0 Å². The summed E-state index contributed by atoms with van der Waals surface area (Å²) in [6.45, 7) is 1.98. The zero-order chi connectivity index (χ0) is 10.6. The molecule has 1 aromatic carbocycles. The maximum atomic E-state index is 5.53. The smallest absolute Gasteiger partial charge is 0.192 e. The number of ether oxygens (including phenoxy) is 1. The summed E-state index contributed by atoms with van der Waals surface area (Å²) in [6, 6.07) is 5.74. The number of anilines is 1. The van der Waals surface area contributed by atoms with Gasteiger partial charge in [0, 0.05) is 12.7 Å². The number of guanidine groups is 1. The van der Waals surface area contributed by atoms with E-state index >= 15 is 0 Å². The lowest BCUT2D eigenvalue weighted by atomic mass is 10.2. The highest BCUT2D eigenvalue weighted by molar-refractivity contribution is 5.92. The molecule has 0 unspecified atom stereocenters. The Morgan fingerprint density at radius 3 is 2.71 bits per heavy atom. The fourth-order valence-corrected chi connectivity index (χ4v) is 1.16. The van der Waals surface area contributed by atoms with Crippen molar-refractivity contribution in [1.29, 1.82) is 0 Å². The molecule has 4 nitrogen and oxygen atoms in total. The van der Waals surface area contributed by atoms with Crippen molar-refractivity contribution in [2.45, 2.75) is 6.92 Å². The maximum Gasteiger partial charge on any atom is 0.192 e. The normalized spacial score (nSPS) is 11.2. The van der Waals surface area contributed by atoms with Crippen LogP contribution in [0.4, 0.5) is 5.69 Å². The average Bonchev–Trinajstić information content (AvgIpc) is 2.18. The third kappa shape index (κ3) is 2.39. The number of nitrogens with two attached hydrogens (primary N) is 1. The quantitative estimate of drug-likeness (QED) is 0.550. The number of nitrogens with one attached hydrogen (secondary N) is 1. The van der Waals surface area contributed by atoms with E-state index in [1.807, 2.05) is 25.1 Å². The first-order chi connectivity index (χ1) is 6.67. The van der Waals surface area contributed by atoms with E-state index in [9.17, 15) is 0 Å². The lowest BCUT2D eigenvalue weighted by Gasteiger charge is -2.08. The van der Waals surface area contributed by atoms with Gasteiger partial charge in [-0.1, -0.05) is 0 Å². The summed E-state index contributed by atoms with van der Waals surface area (Å²) in [5.74, 6) is 1.26. The lowest BCUT2D eigenvalue weighted by Crippen LogP contribution is -2.21. The minimum absolute atomic E-state index is 0.398. The molecule has 3 N–H and O–H groups in total. The van der Waals surface area contributed by atoms with Crippen LogP contribution in [-0.2, 0) is 0 Å². The van der Waals surface area contributed by atoms with Gasteiger partial charge in [0.2, 0.25) is 0 Å². The summed E-state index contributed by atoms with van der Waals surface area (Å²) >= 11 is 0. The van der Waals surface area contributed by atoms with E-state index in [0.29, 0.717) is 5.96 Å². The van der Waals surface area contributed by atoms with Crippen LogP contribution in [0.25, 0.3) is 0 Å². The third-order valence-corrected chi connectivity index (χ3v) is 1.91. The van der Waals surface area contributed by atoms with Crippen LogP contribution in [0.15, 0.2) is 23.2 Å². The molecule has 1 aromatic rings. The second-order valence-electron chi connectivity index (χ2n) is 2.92. The second-order valence-corrected chi connectivity index (χ2v) is 2.92. The van der Waals surface area contributed by atoms with Crippen molar-refractivity contribution in [3.8, 4) is 5.75 Å². The van der Waals surface area contributed by atoms with Gasteiger partial charge >= 0.3 is 0 Å². The Morgan fingerprint density at radius 1 is 1.50 bits per heavy atom. The van der Waals surface area contributed by atoms with E-state index < -0.39 is 0 Å². The van der Waals surface area contributed by atoms with E-state index in [0.717, 1.165) is 17.0 Å². The van der Waals surface area contributed by atoms with Gasteiger partial charge in [0.25, 0.3) is 0 Å². The number of rotatable bonds is 2. The van der Waals surface area contributed by atoms with Gasteiger partial charge in [0.1, 0.15) is 5.75 Å². The predicted molar refractivity (Wildman–Crippen MR) is 58.9 cm³/mol. The molecular formula is C10H15N3O. The van der Waals surface area contributed by atoms with Crippen LogP contribution in [0.5, 0.6) is 5.75 Å². The number of aliphatic imine (C=N–C) groups is 1. The molecule has 1 rings (SSSR count). The number of aryl methyl sites for hydroxylation is 1. The average molecular weight is 193 g/mol. The van der Waals surface area contributed by atoms with Gasteiger partial charge in [0.05, 0.1) is 7.11 Å². The first-order valence-corrected chi connectivity index (χ1v) is 4.31. The topological polar surface area (TPSA) is 59.6 Å². The molecule has 0 heterocycles. The summed E-state index contributed by atoms with van der Waals surface area (Å²) in [5, 5.41) is 2.96. The summed E-state index contributed by atoms with van der Waals surface area (Å²) in [5.41, 5.74) is 7.50. The van der Waals surface area contributed by atoms with Crippen LogP contribution in [0.3, 0.4) is 0 Å². The minimum atomic E-state index is 0.398. The van der Waals surface area contributed by atoms with E-state index in [2.05, 4.69) is 10.3 Å². The zero-order valence-electron chi connectivity index (χ0n) is 8.66. The Hall–Kier alpha value is -1.71. The highest BCUT2D eigenvalue weighted by atomic mass is 16.5. The molecule has 76 valence electrons. The van der Waals surface area contributed by atoms with Crippen LogP contribution in [0.2, 0.25) is 0 Å². The maximum absolute atomic E-state index is 5.53. The summed E-state index contributed by atoms with van der Waals surface area (Å²) in [4.78, 5) is 3.81. The number of benzene rings is 1. The molecule has 0 atom stereocenters. The van der Waals surface area contributed by atoms with E-state index in [1.54, 1.807) is 14.2 Å². The lowest BCUT2D eigenvalue weighted by molar-refractivity contribution is 0.412. The first-order valence-electron chi connectivity index (χ1n) is 4.31. The second kappa shape index (κ2) is 4.50. The van der Waals surface area contributed by atoms with Crippen LogP contribution in [0, 0.1) is 6.92 Å². The standard InChI is InChI=1S/C10H15N3O/c1-7-6-8(13-10(11)12-2)4-5-9(7)14-3/h4-6H,1-3H3,(H3,11,12,13). The molecule has 14 heavy (non-hydrogen) atoms. The summed E-state index contributed by atoms with van der Waals surface area (Å²) < 4.78 is 5.14. The minimum Gasteiger partial charge on any atom is -0.496 e.